The fourth-order valence-electron chi connectivity index (χ4n) is 2.49. The van der Waals surface area contributed by atoms with Crippen molar-refractivity contribution in [2.24, 2.45) is 10.5 Å². The number of hydrogen-bond acceptors (Lipinski definition) is 4. The van der Waals surface area contributed by atoms with Gasteiger partial charge in [0.25, 0.3) is 5.91 Å². The van der Waals surface area contributed by atoms with Gasteiger partial charge in [0, 0.05) is 26.6 Å². The third-order valence-electron chi connectivity index (χ3n) is 3.45. The molecule has 2 heterocycles. The number of hydrogen-bond donors (Lipinski definition) is 0. The van der Waals surface area contributed by atoms with E-state index in [4.69, 9.17) is 4.74 Å². The van der Waals surface area contributed by atoms with Gasteiger partial charge in [-0.2, -0.15) is 5.10 Å². The van der Waals surface area contributed by atoms with Crippen molar-refractivity contribution >= 4 is 17.7 Å². The van der Waals surface area contributed by atoms with E-state index in [0.717, 1.165) is 5.71 Å². The molecule has 0 bridgehead atoms. The molecule has 0 aromatic rings. The van der Waals surface area contributed by atoms with Crippen LogP contribution in [0.5, 0.6) is 0 Å². The number of hydrazone groups is 1. The highest BCUT2D eigenvalue weighted by Crippen LogP contribution is 2.34. The minimum atomic E-state index is -0.691. The number of likely N-dealkylation sites (tertiary alicyclic amines) is 1. The summed E-state index contributed by atoms with van der Waals surface area (Å²) in [6, 6.07) is 0. The zero-order valence-corrected chi connectivity index (χ0v) is 12.2. The van der Waals surface area contributed by atoms with Gasteiger partial charge in [0.1, 0.15) is 11.0 Å². The maximum absolute atomic E-state index is 12.1. The van der Waals surface area contributed by atoms with E-state index in [0.29, 0.717) is 19.5 Å². The van der Waals surface area contributed by atoms with Gasteiger partial charge in [0.05, 0.1) is 5.71 Å². The van der Waals surface area contributed by atoms with E-state index in [1.807, 2.05) is 27.7 Å². The maximum Gasteiger partial charge on any atom is 0.410 e. The van der Waals surface area contributed by atoms with Gasteiger partial charge in [-0.25, -0.2) is 9.80 Å². The SMILES string of the molecule is CN1N=C2CCN(C(=O)OC(C)(C)C)C[C@]2(C)C1=O. The van der Waals surface area contributed by atoms with E-state index in [1.165, 1.54) is 5.01 Å². The molecular weight excluding hydrogens is 246 g/mol. The predicted octanol–water partition coefficient (Wildman–Crippen LogP) is 1.46. The molecule has 1 fully saturated rings. The van der Waals surface area contributed by atoms with Crippen molar-refractivity contribution in [2.45, 2.75) is 39.7 Å². The van der Waals surface area contributed by atoms with Crippen molar-refractivity contribution in [2.75, 3.05) is 20.1 Å². The standard InChI is InChI=1S/C13H21N3O3/c1-12(2,3)19-11(18)16-7-6-9-13(4,8-16)10(17)15(5)14-9/h6-8H2,1-5H3/t13-/m0/s1. The van der Waals surface area contributed by atoms with Crippen LogP contribution in [0.1, 0.15) is 34.1 Å². The summed E-state index contributed by atoms with van der Waals surface area (Å²) in [5.41, 5.74) is -0.355. The molecule has 6 nitrogen and oxygen atoms in total. The van der Waals surface area contributed by atoms with E-state index in [-0.39, 0.29) is 12.0 Å². The van der Waals surface area contributed by atoms with Crippen LogP contribution in [0.15, 0.2) is 5.10 Å². The quantitative estimate of drug-likeness (QED) is 0.667. The first kappa shape index (κ1) is 13.8. The summed E-state index contributed by atoms with van der Waals surface area (Å²) in [5, 5.41) is 5.62. The van der Waals surface area contributed by atoms with E-state index >= 15 is 0 Å². The Hall–Kier alpha value is -1.59. The molecule has 2 aliphatic heterocycles. The average Bonchev–Trinajstić information content (AvgIpc) is 2.49. The Morgan fingerprint density at radius 1 is 1.42 bits per heavy atom. The maximum atomic E-state index is 12.1. The Balaban J connectivity index is 2.12. The van der Waals surface area contributed by atoms with Crippen LogP contribution in [0, 0.1) is 5.41 Å². The Labute approximate surface area is 113 Å². The number of carbonyl (C=O) groups excluding carboxylic acids is 2. The first-order valence-electron chi connectivity index (χ1n) is 6.47. The zero-order chi connectivity index (χ0) is 14.4. The van der Waals surface area contributed by atoms with E-state index < -0.39 is 11.0 Å². The number of nitrogens with zero attached hydrogens (tertiary/aromatic N) is 3. The molecule has 1 saturated heterocycles. The summed E-state index contributed by atoms with van der Waals surface area (Å²) in [5.74, 6) is -0.0595. The van der Waals surface area contributed by atoms with Crippen molar-refractivity contribution < 1.29 is 14.3 Å². The van der Waals surface area contributed by atoms with Crippen LogP contribution in [0.3, 0.4) is 0 Å². The highest BCUT2D eigenvalue weighted by atomic mass is 16.6. The molecule has 106 valence electrons. The van der Waals surface area contributed by atoms with Crippen molar-refractivity contribution in [1.82, 2.24) is 9.91 Å². The van der Waals surface area contributed by atoms with Gasteiger partial charge in [-0.1, -0.05) is 0 Å². The van der Waals surface area contributed by atoms with Gasteiger partial charge in [-0.05, 0) is 27.7 Å². The second kappa shape index (κ2) is 4.21. The van der Waals surface area contributed by atoms with Gasteiger partial charge < -0.3 is 9.64 Å². The molecule has 0 aromatic heterocycles. The second-order valence-electron chi connectivity index (χ2n) is 6.36. The minimum Gasteiger partial charge on any atom is -0.444 e. The van der Waals surface area contributed by atoms with E-state index in [2.05, 4.69) is 5.10 Å². The monoisotopic (exact) mass is 267 g/mol. The molecular formula is C13H21N3O3. The smallest absolute Gasteiger partial charge is 0.410 e. The largest absolute Gasteiger partial charge is 0.444 e. The van der Waals surface area contributed by atoms with Crippen LogP contribution in [0.4, 0.5) is 4.79 Å². The molecule has 0 unspecified atom stereocenters. The molecule has 2 amide bonds. The molecule has 0 saturated carbocycles. The van der Waals surface area contributed by atoms with Crippen LogP contribution in [0.2, 0.25) is 0 Å². The second-order valence-corrected chi connectivity index (χ2v) is 6.36. The third-order valence-corrected chi connectivity index (χ3v) is 3.45. The van der Waals surface area contributed by atoms with Gasteiger partial charge in [0.2, 0.25) is 0 Å². The number of fused-ring (bicyclic) bond motifs is 1. The molecule has 0 radical (unpaired) electrons. The minimum absolute atomic E-state index is 0.0595. The summed E-state index contributed by atoms with van der Waals surface area (Å²) in [7, 11) is 1.65. The normalized spacial score (nSPS) is 27.2. The molecule has 6 heteroatoms. The molecule has 0 N–H and O–H groups in total. The van der Waals surface area contributed by atoms with E-state index in [9.17, 15) is 9.59 Å². The highest BCUT2D eigenvalue weighted by molar-refractivity contribution is 6.12. The van der Waals surface area contributed by atoms with Crippen LogP contribution in [0.25, 0.3) is 0 Å². The Kier molecular flexibility index (Phi) is 3.07. The van der Waals surface area contributed by atoms with E-state index in [1.54, 1.807) is 11.9 Å². The van der Waals surface area contributed by atoms with Crippen molar-refractivity contribution in [3.8, 4) is 0 Å². The molecule has 19 heavy (non-hydrogen) atoms. The van der Waals surface area contributed by atoms with Crippen molar-refractivity contribution in [3.63, 3.8) is 0 Å². The lowest BCUT2D eigenvalue weighted by Gasteiger charge is -2.37. The Bertz CT molecular complexity index is 453. The van der Waals surface area contributed by atoms with Gasteiger partial charge >= 0.3 is 6.09 Å². The molecule has 2 rings (SSSR count). The number of carbonyl (C=O) groups is 2. The summed E-state index contributed by atoms with van der Waals surface area (Å²) in [4.78, 5) is 25.8. The first-order chi connectivity index (χ1) is 8.63. The van der Waals surface area contributed by atoms with Crippen LogP contribution >= 0.6 is 0 Å². The highest BCUT2D eigenvalue weighted by Gasteiger charge is 2.50. The van der Waals surface area contributed by atoms with Crippen molar-refractivity contribution in [3.05, 3.63) is 0 Å². The average molecular weight is 267 g/mol. The van der Waals surface area contributed by atoms with Gasteiger partial charge in [-0.3, -0.25) is 4.79 Å². The van der Waals surface area contributed by atoms with Crippen LogP contribution in [-0.4, -0.2) is 53.4 Å². The van der Waals surface area contributed by atoms with Crippen LogP contribution < -0.4 is 0 Å². The Morgan fingerprint density at radius 3 is 2.63 bits per heavy atom. The molecule has 0 aliphatic carbocycles. The first-order valence-corrected chi connectivity index (χ1v) is 6.47. The number of amides is 2. The summed E-state index contributed by atoms with van der Waals surface area (Å²) in [6.07, 6.45) is 0.251. The Morgan fingerprint density at radius 2 is 2.05 bits per heavy atom. The number of piperidine rings is 1. The molecule has 0 aromatic carbocycles. The summed E-state index contributed by atoms with van der Waals surface area (Å²) in [6.45, 7) is 8.22. The zero-order valence-electron chi connectivity index (χ0n) is 12.2. The predicted molar refractivity (Wildman–Crippen MR) is 70.7 cm³/mol. The third kappa shape index (κ3) is 2.43. The van der Waals surface area contributed by atoms with Gasteiger partial charge in [-0.15, -0.1) is 0 Å². The topological polar surface area (TPSA) is 62.2 Å². The summed E-state index contributed by atoms with van der Waals surface area (Å²) < 4.78 is 5.35. The number of ether oxygens (including phenoxy) is 1. The van der Waals surface area contributed by atoms with Crippen molar-refractivity contribution in [1.29, 1.82) is 0 Å². The summed E-state index contributed by atoms with van der Waals surface area (Å²) >= 11 is 0. The molecule has 2 aliphatic rings. The molecule has 0 spiro atoms. The lowest BCUT2D eigenvalue weighted by molar-refractivity contribution is -0.135. The van der Waals surface area contributed by atoms with Gasteiger partial charge in [0.15, 0.2) is 0 Å². The lowest BCUT2D eigenvalue weighted by Crippen LogP contribution is -2.53. The molecule has 1 atom stereocenters. The fourth-order valence-corrected chi connectivity index (χ4v) is 2.49. The fraction of sp³-hybridized carbons (Fsp3) is 0.769. The lowest BCUT2D eigenvalue weighted by atomic mass is 9.80. The van der Waals surface area contributed by atoms with Crippen LogP contribution in [-0.2, 0) is 9.53 Å². The number of rotatable bonds is 0.